The highest BCUT2D eigenvalue weighted by Crippen LogP contribution is 2.31. The minimum absolute atomic E-state index is 0.619. The zero-order valence-electron chi connectivity index (χ0n) is 8.19. The van der Waals surface area contributed by atoms with Crippen molar-refractivity contribution in [2.45, 2.75) is 40.0 Å². The van der Waals surface area contributed by atoms with Crippen molar-refractivity contribution in [3.8, 4) is 0 Å². The Balaban J connectivity index is 2.44. The monoisotopic (exact) mass is 155 g/mol. The van der Waals surface area contributed by atoms with Crippen LogP contribution in [0.3, 0.4) is 0 Å². The Morgan fingerprint density at radius 2 is 2.09 bits per heavy atom. The SMILES string of the molecule is CCN1CCCC(C)(CC)C1. The fourth-order valence-electron chi connectivity index (χ4n) is 1.99. The third-order valence-corrected chi connectivity index (χ3v) is 3.16. The van der Waals surface area contributed by atoms with Crippen LogP contribution in [0.15, 0.2) is 0 Å². The molecule has 1 heterocycles. The van der Waals surface area contributed by atoms with Crippen LogP contribution in [-0.2, 0) is 0 Å². The van der Waals surface area contributed by atoms with Gasteiger partial charge >= 0.3 is 0 Å². The average Bonchev–Trinajstić information content (AvgIpc) is 2.05. The van der Waals surface area contributed by atoms with Crippen molar-refractivity contribution < 1.29 is 0 Å². The van der Waals surface area contributed by atoms with Crippen LogP contribution in [0.25, 0.3) is 0 Å². The minimum atomic E-state index is 0.619. The highest BCUT2D eigenvalue weighted by molar-refractivity contribution is 4.81. The molecule has 1 heteroatoms. The summed E-state index contributed by atoms with van der Waals surface area (Å²) in [6.07, 6.45) is 4.17. The predicted octanol–water partition coefficient (Wildman–Crippen LogP) is 2.52. The van der Waals surface area contributed by atoms with Crippen LogP contribution in [0.1, 0.15) is 40.0 Å². The van der Waals surface area contributed by atoms with Crippen molar-refractivity contribution >= 4 is 0 Å². The van der Waals surface area contributed by atoms with E-state index in [1.807, 2.05) is 0 Å². The number of hydrogen-bond acceptors (Lipinski definition) is 1. The molecule has 1 aliphatic rings. The lowest BCUT2D eigenvalue weighted by Gasteiger charge is -2.39. The maximum Gasteiger partial charge on any atom is 0.00351 e. The Hall–Kier alpha value is -0.0400. The van der Waals surface area contributed by atoms with Crippen molar-refractivity contribution in [2.24, 2.45) is 5.41 Å². The summed E-state index contributed by atoms with van der Waals surface area (Å²) in [4.78, 5) is 2.58. The Labute approximate surface area is 70.8 Å². The third-order valence-electron chi connectivity index (χ3n) is 3.16. The molecule has 0 spiro atoms. The van der Waals surface area contributed by atoms with Gasteiger partial charge in [-0.25, -0.2) is 0 Å². The topological polar surface area (TPSA) is 3.24 Å². The van der Waals surface area contributed by atoms with Gasteiger partial charge in [0, 0.05) is 6.54 Å². The molecule has 11 heavy (non-hydrogen) atoms. The molecule has 0 aliphatic carbocycles. The van der Waals surface area contributed by atoms with Crippen LogP contribution in [0.5, 0.6) is 0 Å². The van der Waals surface area contributed by atoms with Crippen LogP contribution in [0, 0.1) is 5.41 Å². The van der Waals surface area contributed by atoms with Gasteiger partial charge in [-0.15, -0.1) is 0 Å². The number of nitrogens with zero attached hydrogens (tertiary/aromatic N) is 1. The lowest BCUT2D eigenvalue weighted by molar-refractivity contribution is 0.104. The zero-order chi connectivity index (χ0) is 8.32. The van der Waals surface area contributed by atoms with E-state index in [-0.39, 0.29) is 0 Å². The highest BCUT2D eigenvalue weighted by atomic mass is 15.1. The summed E-state index contributed by atoms with van der Waals surface area (Å²) in [5, 5.41) is 0. The molecule has 1 unspecified atom stereocenters. The second-order valence-electron chi connectivity index (χ2n) is 4.14. The molecule has 0 bridgehead atoms. The summed E-state index contributed by atoms with van der Waals surface area (Å²) in [5.74, 6) is 0. The fraction of sp³-hybridized carbons (Fsp3) is 1.00. The van der Waals surface area contributed by atoms with E-state index in [4.69, 9.17) is 0 Å². The quantitative estimate of drug-likeness (QED) is 0.592. The van der Waals surface area contributed by atoms with Crippen LogP contribution < -0.4 is 0 Å². The number of likely N-dealkylation sites (tertiary alicyclic amines) is 1. The molecule has 0 radical (unpaired) electrons. The molecule has 0 aromatic heterocycles. The van der Waals surface area contributed by atoms with Gasteiger partial charge in [-0.3, -0.25) is 0 Å². The Morgan fingerprint density at radius 3 is 2.64 bits per heavy atom. The van der Waals surface area contributed by atoms with E-state index >= 15 is 0 Å². The zero-order valence-corrected chi connectivity index (χ0v) is 8.19. The molecule has 66 valence electrons. The van der Waals surface area contributed by atoms with E-state index in [0.29, 0.717) is 5.41 Å². The molecule has 1 aliphatic heterocycles. The standard InChI is InChI=1S/C10H21N/c1-4-10(3)7-6-8-11(5-2)9-10/h4-9H2,1-3H3. The van der Waals surface area contributed by atoms with Gasteiger partial charge in [0.15, 0.2) is 0 Å². The van der Waals surface area contributed by atoms with E-state index in [0.717, 1.165) is 0 Å². The molecule has 0 amide bonds. The first-order valence-corrected chi connectivity index (χ1v) is 4.92. The smallest absolute Gasteiger partial charge is 0.00351 e. The van der Waals surface area contributed by atoms with Crippen LogP contribution in [-0.4, -0.2) is 24.5 Å². The fourth-order valence-corrected chi connectivity index (χ4v) is 1.99. The van der Waals surface area contributed by atoms with Gasteiger partial charge in [-0.2, -0.15) is 0 Å². The molecule has 1 fully saturated rings. The van der Waals surface area contributed by atoms with Crippen LogP contribution >= 0.6 is 0 Å². The first-order valence-electron chi connectivity index (χ1n) is 4.92. The minimum Gasteiger partial charge on any atom is -0.303 e. The Kier molecular flexibility index (Phi) is 2.94. The molecule has 0 saturated carbocycles. The average molecular weight is 155 g/mol. The summed E-state index contributed by atoms with van der Waals surface area (Å²) in [6.45, 7) is 10.9. The van der Waals surface area contributed by atoms with Gasteiger partial charge in [0.25, 0.3) is 0 Å². The Bertz CT molecular complexity index is 122. The largest absolute Gasteiger partial charge is 0.303 e. The molecule has 1 atom stereocenters. The molecular formula is C10H21N. The van der Waals surface area contributed by atoms with Crippen molar-refractivity contribution in [3.05, 3.63) is 0 Å². The van der Waals surface area contributed by atoms with Gasteiger partial charge in [0.05, 0.1) is 0 Å². The third kappa shape index (κ3) is 2.19. The maximum atomic E-state index is 2.58. The van der Waals surface area contributed by atoms with E-state index in [2.05, 4.69) is 25.7 Å². The molecule has 0 aromatic carbocycles. The summed E-state index contributed by atoms with van der Waals surface area (Å²) < 4.78 is 0. The van der Waals surface area contributed by atoms with Gasteiger partial charge in [0.2, 0.25) is 0 Å². The second-order valence-corrected chi connectivity index (χ2v) is 4.14. The normalized spacial score (nSPS) is 34.1. The van der Waals surface area contributed by atoms with Crippen molar-refractivity contribution in [3.63, 3.8) is 0 Å². The summed E-state index contributed by atoms with van der Waals surface area (Å²) in [6, 6.07) is 0. The Morgan fingerprint density at radius 1 is 1.36 bits per heavy atom. The van der Waals surface area contributed by atoms with Gasteiger partial charge in [-0.1, -0.05) is 20.8 Å². The van der Waals surface area contributed by atoms with Crippen LogP contribution in [0.2, 0.25) is 0 Å². The van der Waals surface area contributed by atoms with E-state index in [1.54, 1.807) is 0 Å². The van der Waals surface area contributed by atoms with Crippen molar-refractivity contribution in [2.75, 3.05) is 19.6 Å². The van der Waals surface area contributed by atoms with Gasteiger partial charge in [-0.05, 0) is 37.8 Å². The van der Waals surface area contributed by atoms with Crippen molar-refractivity contribution in [1.82, 2.24) is 4.90 Å². The van der Waals surface area contributed by atoms with E-state index in [9.17, 15) is 0 Å². The summed E-state index contributed by atoms with van der Waals surface area (Å²) >= 11 is 0. The lowest BCUT2D eigenvalue weighted by atomic mass is 9.80. The lowest BCUT2D eigenvalue weighted by Crippen LogP contribution is -2.41. The summed E-state index contributed by atoms with van der Waals surface area (Å²) in [5.41, 5.74) is 0.619. The molecular weight excluding hydrogens is 134 g/mol. The summed E-state index contributed by atoms with van der Waals surface area (Å²) in [7, 11) is 0. The molecule has 1 saturated heterocycles. The highest BCUT2D eigenvalue weighted by Gasteiger charge is 2.27. The molecule has 0 N–H and O–H groups in total. The maximum absolute atomic E-state index is 2.58. The van der Waals surface area contributed by atoms with E-state index in [1.165, 1.54) is 38.9 Å². The van der Waals surface area contributed by atoms with Gasteiger partial charge < -0.3 is 4.90 Å². The number of piperidine rings is 1. The first-order chi connectivity index (χ1) is 5.20. The number of rotatable bonds is 2. The van der Waals surface area contributed by atoms with Gasteiger partial charge in [0.1, 0.15) is 0 Å². The molecule has 0 aromatic rings. The first kappa shape index (κ1) is 9.05. The van der Waals surface area contributed by atoms with E-state index < -0.39 is 0 Å². The predicted molar refractivity (Wildman–Crippen MR) is 49.7 cm³/mol. The molecule has 1 nitrogen and oxygen atoms in total. The molecule has 1 rings (SSSR count). The second kappa shape index (κ2) is 3.57. The van der Waals surface area contributed by atoms with Crippen LogP contribution in [0.4, 0.5) is 0 Å². The van der Waals surface area contributed by atoms with Crippen molar-refractivity contribution in [1.29, 1.82) is 0 Å². The number of hydrogen-bond donors (Lipinski definition) is 0.